The summed E-state index contributed by atoms with van der Waals surface area (Å²) in [5, 5.41) is 25.7. The number of aliphatic hydroxyl groups excluding tert-OH is 1. The van der Waals surface area contributed by atoms with E-state index in [2.05, 4.69) is 17.6 Å². The first kappa shape index (κ1) is 19.7. The maximum Gasteiger partial charge on any atom is 1.00 e. The summed E-state index contributed by atoms with van der Waals surface area (Å²) in [6.07, 6.45) is 2.62. The van der Waals surface area contributed by atoms with E-state index in [-0.39, 0.29) is 35.7 Å². The zero-order valence-electron chi connectivity index (χ0n) is 11.2. The van der Waals surface area contributed by atoms with Crippen molar-refractivity contribution < 1.29 is 44.6 Å². The summed E-state index contributed by atoms with van der Waals surface area (Å²) in [7, 11) is 0. The Morgan fingerprint density at radius 1 is 1.41 bits per heavy atom. The molecule has 0 saturated carbocycles. The van der Waals surface area contributed by atoms with Crippen LogP contribution >= 0.6 is 0 Å². The number of nitrogens with one attached hydrogen (secondary N) is 2. The van der Waals surface area contributed by atoms with Gasteiger partial charge in [-0.25, -0.2) is 0 Å². The van der Waals surface area contributed by atoms with E-state index in [9.17, 15) is 15.0 Å². The summed E-state index contributed by atoms with van der Waals surface area (Å²) < 4.78 is 0. The molecule has 0 aliphatic carbocycles. The molecule has 17 heavy (non-hydrogen) atoms. The molecule has 0 aliphatic rings. The summed E-state index contributed by atoms with van der Waals surface area (Å²) in [6, 6.07) is -0.633. The van der Waals surface area contributed by atoms with E-state index in [0.29, 0.717) is 19.6 Å². The van der Waals surface area contributed by atoms with Crippen LogP contribution in [0.3, 0.4) is 0 Å². The van der Waals surface area contributed by atoms with Gasteiger partial charge in [-0.1, -0.05) is 19.8 Å². The first-order valence-corrected chi connectivity index (χ1v) is 5.91. The van der Waals surface area contributed by atoms with Gasteiger partial charge in [-0.05, 0) is 13.3 Å². The fraction of sp³-hybridized carbons (Fsp3) is 0.909. The summed E-state index contributed by atoms with van der Waals surface area (Å²) in [4.78, 5) is 10.4. The predicted octanol–water partition coefficient (Wildman–Crippen LogP) is -4.14. The third-order valence-corrected chi connectivity index (χ3v) is 2.38. The van der Waals surface area contributed by atoms with E-state index < -0.39 is 12.0 Å². The van der Waals surface area contributed by atoms with E-state index in [0.717, 1.165) is 19.3 Å². The van der Waals surface area contributed by atoms with Crippen molar-refractivity contribution in [2.75, 3.05) is 19.6 Å². The summed E-state index contributed by atoms with van der Waals surface area (Å²) >= 11 is 0. The Bertz CT molecular complexity index is 194. The summed E-state index contributed by atoms with van der Waals surface area (Å²) in [5.41, 5.74) is 0. The molecule has 0 aliphatic heterocycles. The van der Waals surface area contributed by atoms with Gasteiger partial charge in [0.25, 0.3) is 0 Å². The molecular formula is C11H23N2NaO3. The molecule has 0 aromatic carbocycles. The van der Waals surface area contributed by atoms with Gasteiger partial charge in [0.1, 0.15) is 0 Å². The first-order valence-electron chi connectivity index (χ1n) is 5.91. The predicted molar refractivity (Wildman–Crippen MR) is 60.9 cm³/mol. The smallest absolute Gasteiger partial charge is 0.548 e. The number of carboxylic acid groups (broad SMARTS) is 1. The Morgan fingerprint density at radius 2 is 2.06 bits per heavy atom. The minimum absolute atomic E-state index is 0. The Balaban J connectivity index is 0. The average Bonchev–Trinajstić information content (AvgIpc) is 2.25. The normalized spacial score (nSPS) is 13.8. The van der Waals surface area contributed by atoms with Crippen LogP contribution in [0.4, 0.5) is 0 Å². The van der Waals surface area contributed by atoms with Crippen LogP contribution in [0, 0.1) is 0 Å². The topological polar surface area (TPSA) is 84.4 Å². The molecule has 2 unspecified atom stereocenters. The number of carbonyl (C=O) groups excluding carboxylic acids is 1. The molecule has 0 amide bonds. The van der Waals surface area contributed by atoms with E-state index in [1.807, 2.05) is 0 Å². The Labute approximate surface area is 126 Å². The standard InChI is InChI=1S/C11H24N2O3.Na/c1-3-4-5-10(14)8-12-6-7-13-9(2)11(15)16;/h9-10,12-14H,3-8H2,1-2H3,(H,15,16);/q;+1/p-1. The summed E-state index contributed by atoms with van der Waals surface area (Å²) in [5.74, 6) is -1.09. The van der Waals surface area contributed by atoms with Crippen LogP contribution < -0.4 is 45.3 Å². The van der Waals surface area contributed by atoms with Gasteiger partial charge >= 0.3 is 29.6 Å². The number of hydrogen-bond donors (Lipinski definition) is 3. The van der Waals surface area contributed by atoms with Gasteiger partial charge < -0.3 is 25.6 Å². The second kappa shape index (κ2) is 12.8. The van der Waals surface area contributed by atoms with Gasteiger partial charge in [0.2, 0.25) is 0 Å². The van der Waals surface area contributed by atoms with Gasteiger partial charge in [0, 0.05) is 25.7 Å². The minimum Gasteiger partial charge on any atom is -0.548 e. The molecule has 0 spiro atoms. The zero-order valence-corrected chi connectivity index (χ0v) is 13.2. The third kappa shape index (κ3) is 12.6. The molecule has 3 N–H and O–H groups in total. The number of carboxylic acids is 1. The maximum absolute atomic E-state index is 10.4. The molecule has 0 aromatic heterocycles. The summed E-state index contributed by atoms with van der Waals surface area (Å²) in [6.45, 7) is 5.38. The largest absolute Gasteiger partial charge is 1.00 e. The van der Waals surface area contributed by atoms with Crippen LogP contribution in [0.1, 0.15) is 33.1 Å². The van der Waals surface area contributed by atoms with Gasteiger partial charge in [-0.15, -0.1) is 0 Å². The van der Waals surface area contributed by atoms with Gasteiger partial charge in [0.15, 0.2) is 0 Å². The molecule has 0 fully saturated rings. The number of rotatable bonds is 10. The van der Waals surface area contributed by atoms with Crippen molar-refractivity contribution in [3.05, 3.63) is 0 Å². The quantitative estimate of drug-likeness (QED) is 0.272. The molecule has 0 bridgehead atoms. The van der Waals surface area contributed by atoms with Crippen LogP contribution in [0.25, 0.3) is 0 Å². The maximum atomic E-state index is 10.4. The second-order valence-electron chi connectivity index (χ2n) is 4.00. The second-order valence-corrected chi connectivity index (χ2v) is 4.00. The fourth-order valence-corrected chi connectivity index (χ4v) is 1.27. The number of aliphatic carboxylic acids is 1. The monoisotopic (exact) mass is 254 g/mol. The molecule has 96 valence electrons. The molecule has 0 radical (unpaired) electrons. The van der Waals surface area contributed by atoms with Gasteiger partial charge in [-0.3, -0.25) is 0 Å². The van der Waals surface area contributed by atoms with Crippen molar-refractivity contribution in [2.45, 2.75) is 45.3 Å². The van der Waals surface area contributed by atoms with Crippen molar-refractivity contribution in [2.24, 2.45) is 0 Å². The van der Waals surface area contributed by atoms with E-state index >= 15 is 0 Å². The van der Waals surface area contributed by atoms with Crippen LogP contribution in [0.2, 0.25) is 0 Å². The van der Waals surface area contributed by atoms with Crippen LogP contribution in [0.5, 0.6) is 0 Å². The van der Waals surface area contributed by atoms with Crippen molar-refractivity contribution in [3.63, 3.8) is 0 Å². The van der Waals surface area contributed by atoms with Crippen molar-refractivity contribution >= 4 is 5.97 Å². The van der Waals surface area contributed by atoms with Crippen LogP contribution in [-0.4, -0.2) is 42.9 Å². The SMILES string of the molecule is CCCCC(O)CNCCNC(C)C(=O)[O-].[Na+]. The molecular weight excluding hydrogens is 231 g/mol. The fourth-order valence-electron chi connectivity index (χ4n) is 1.27. The van der Waals surface area contributed by atoms with E-state index in [1.165, 1.54) is 0 Å². The average molecular weight is 254 g/mol. The van der Waals surface area contributed by atoms with Gasteiger partial charge in [0.05, 0.1) is 12.1 Å². The van der Waals surface area contributed by atoms with E-state index in [1.54, 1.807) is 6.92 Å². The van der Waals surface area contributed by atoms with E-state index in [4.69, 9.17) is 0 Å². The van der Waals surface area contributed by atoms with Crippen LogP contribution in [0.15, 0.2) is 0 Å². The zero-order chi connectivity index (χ0) is 12.4. The first-order chi connectivity index (χ1) is 7.57. The Hall–Kier alpha value is 0.350. The Kier molecular flexibility index (Phi) is 14.8. The molecule has 6 heteroatoms. The molecule has 5 nitrogen and oxygen atoms in total. The molecule has 2 atom stereocenters. The molecule has 0 rings (SSSR count). The number of carbonyl (C=O) groups is 1. The van der Waals surface area contributed by atoms with Crippen molar-refractivity contribution in [3.8, 4) is 0 Å². The van der Waals surface area contributed by atoms with Crippen LogP contribution in [-0.2, 0) is 4.79 Å². The molecule has 0 saturated heterocycles. The third-order valence-electron chi connectivity index (χ3n) is 2.38. The van der Waals surface area contributed by atoms with Crippen molar-refractivity contribution in [1.82, 2.24) is 10.6 Å². The number of aliphatic hydroxyl groups is 1. The van der Waals surface area contributed by atoms with Crippen molar-refractivity contribution in [1.29, 1.82) is 0 Å². The number of hydrogen-bond acceptors (Lipinski definition) is 5. The molecule has 0 aromatic rings. The Morgan fingerprint density at radius 3 is 2.59 bits per heavy atom. The minimum atomic E-state index is -1.09. The van der Waals surface area contributed by atoms with Gasteiger partial charge in [-0.2, -0.15) is 0 Å². The number of unbranched alkanes of at least 4 members (excludes halogenated alkanes) is 1. The molecule has 0 heterocycles.